The second-order valence-corrected chi connectivity index (χ2v) is 7.15. The highest BCUT2D eigenvalue weighted by atomic mass is 79.9. The van der Waals surface area contributed by atoms with E-state index >= 15 is 0 Å². The number of benzene rings is 1. The molecule has 100 valence electrons. The molecule has 0 radical (unpaired) electrons. The molecule has 0 aliphatic heterocycles. The van der Waals surface area contributed by atoms with E-state index < -0.39 is 0 Å². The Morgan fingerprint density at radius 3 is 2.89 bits per heavy atom. The molecule has 18 heavy (non-hydrogen) atoms. The van der Waals surface area contributed by atoms with Gasteiger partial charge in [-0.1, -0.05) is 46.4 Å². The molecule has 0 aromatic heterocycles. The van der Waals surface area contributed by atoms with Crippen molar-refractivity contribution >= 4 is 39.3 Å². The number of hydrogen-bond acceptors (Lipinski definition) is 2. The van der Waals surface area contributed by atoms with Gasteiger partial charge in [-0.3, -0.25) is 0 Å². The van der Waals surface area contributed by atoms with E-state index in [1.54, 1.807) is 0 Å². The van der Waals surface area contributed by atoms with Crippen molar-refractivity contribution in [3.8, 4) is 0 Å². The third-order valence-electron chi connectivity index (χ3n) is 3.58. The Balaban J connectivity index is 1.93. The van der Waals surface area contributed by atoms with Crippen LogP contribution in [0.3, 0.4) is 0 Å². The lowest BCUT2D eigenvalue weighted by Crippen LogP contribution is -2.39. The van der Waals surface area contributed by atoms with Gasteiger partial charge in [-0.25, -0.2) is 0 Å². The van der Waals surface area contributed by atoms with Gasteiger partial charge in [0.05, 0.1) is 0 Å². The summed E-state index contributed by atoms with van der Waals surface area (Å²) in [6.07, 6.45) is 7.62. The van der Waals surface area contributed by atoms with Crippen LogP contribution in [0.25, 0.3) is 0 Å². The third-order valence-corrected chi connectivity index (χ3v) is 5.72. The summed E-state index contributed by atoms with van der Waals surface area (Å²) >= 11 is 11.5. The number of halogens is 2. The normalized spacial score (nSPS) is 24.2. The molecule has 1 aromatic carbocycles. The molecule has 4 heteroatoms. The second kappa shape index (κ2) is 7.18. The van der Waals surface area contributed by atoms with Crippen LogP contribution in [-0.2, 0) is 6.54 Å². The van der Waals surface area contributed by atoms with Crippen molar-refractivity contribution < 1.29 is 0 Å². The molecule has 1 aliphatic rings. The lowest BCUT2D eigenvalue weighted by molar-refractivity contribution is 0.383. The van der Waals surface area contributed by atoms with E-state index in [9.17, 15) is 0 Å². The van der Waals surface area contributed by atoms with Crippen LogP contribution in [0, 0.1) is 0 Å². The SMILES string of the molecule is CSC1CCCCC1NCc1ccc(Cl)cc1Br. The Morgan fingerprint density at radius 2 is 2.17 bits per heavy atom. The van der Waals surface area contributed by atoms with Gasteiger partial charge in [0.1, 0.15) is 0 Å². The molecule has 1 N–H and O–H groups in total. The van der Waals surface area contributed by atoms with Gasteiger partial charge >= 0.3 is 0 Å². The Kier molecular flexibility index (Phi) is 5.87. The first-order valence-corrected chi connectivity index (χ1v) is 8.86. The minimum atomic E-state index is 0.649. The lowest BCUT2D eigenvalue weighted by Gasteiger charge is -2.31. The Labute approximate surface area is 127 Å². The molecule has 2 atom stereocenters. The van der Waals surface area contributed by atoms with E-state index in [0.29, 0.717) is 6.04 Å². The van der Waals surface area contributed by atoms with Crippen LogP contribution in [0.4, 0.5) is 0 Å². The first-order chi connectivity index (χ1) is 8.70. The molecule has 2 unspecified atom stereocenters. The van der Waals surface area contributed by atoms with E-state index in [1.807, 2.05) is 23.9 Å². The molecule has 1 fully saturated rings. The second-order valence-electron chi connectivity index (χ2n) is 4.78. The average molecular weight is 349 g/mol. The van der Waals surface area contributed by atoms with Crippen molar-refractivity contribution in [1.29, 1.82) is 0 Å². The zero-order valence-electron chi connectivity index (χ0n) is 10.6. The van der Waals surface area contributed by atoms with Crippen molar-refractivity contribution in [2.45, 2.75) is 43.5 Å². The predicted molar refractivity (Wildman–Crippen MR) is 85.6 cm³/mol. The fourth-order valence-corrected chi connectivity index (χ4v) is 4.30. The van der Waals surface area contributed by atoms with Gasteiger partial charge in [0.25, 0.3) is 0 Å². The fourth-order valence-electron chi connectivity index (χ4n) is 2.52. The standard InChI is InChI=1S/C14H19BrClNS/c1-18-14-5-3-2-4-13(14)17-9-10-6-7-11(16)8-12(10)15/h6-8,13-14,17H,2-5,9H2,1H3. The van der Waals surface area contributed by atoms with Gasteiger partial charge in [-0.05, 0) is 36.8 Å². The van der Waals surface area contributed by atoms with Gasteiger partial charge in [-0.15, -0.1) is 0 Å². The van der Waals surface area contributed by atoms with Gasteiger partial charge in [-0.2, -0.15) is 11.8 Å². The monoisotopic (exact) mass is 347 g/mol. The Morgan fingerprint density at radius 1 is 1.39 bits per heavy atom. The number of rotatable bonds is 4. The number of nitrogens with one attached hydrogen (secondary N) is 1. The van der Waals surface area contributed by atoms with Crippen LogP contribution in [0.2, 0.25) is 5.02 Å². The summed E-state index contributed by atoms with van der Waals surface area (Å²) in [5.41, 5.74) is 1.28. The topological polar surface area (TPSA) is 12.0 Å². The van der Waals surface area contributed by atoms with E-state index in [-0.39, 0.29) is 0 Å². The summed E-state index contributed by atoms with van der Waals surface area (Å²) in [7, 11) is 0. The van der Waals surface area contributed by atoms with Gasteiger partial charge < -0.3 is 5.32 Å². The molecule has 0 spiro atoms. The maximum Gasteiger partial charge on any atom is 0.0417 e. The zero-order valence-corrected chi connectivity index (χ0v) is 13.7. The minimum absolute atomic E-state index is 0.649. The molecule has 0 heterocycles. The van der Waals surface area contributed by atoms with Crippen molar-refractivity contribution in [3.05, 3.63) is 33.3 Å². The molecule has 1 saturated carbocycles. The molecule has 2 rings (SSSR count). The smallest absolute Gasteiger partial charge is 0.0417 e. The molecule has 1 aliphatic carbocycles. The highest BCUT2D eigenvalue weighted by molar-refractivity contribution is 9.10. The summed E-state index contributed by atoms with van der Waals surface area (Å²) in [4.78, 5) is 0. The summed E-state index contributed by atoms with van der Waals surface area (Å²) in [5.74, 6) is 0. The number of hydrogen-bond donors (Lipinski definition) is 1. The highest BCUT2D eigenvalue weighted by Gasteiger charge is 2.23. The average Bonchev–Trinajstić information content (AvgIpc) is 2.38. The Bertz CT molecular complexity index is 399. The summed E-state index contributed by atoms with van der Waals surface area (Å²) in [6.45, 7) is 0.916. The maximum atomic E-state index is 5.96. The number of thioether (sulfide) groups is 1. The molecule has 0 saturated heterocycles. The lowest BCUT2D eigenvalue weighted by atomic mass is 9.94. The summed E-state index contributed by atoms with van der Waals surface area (Å²) < 4.78 is 1.10. The first-order valence-electron chi connectivity index (χ1n) is 6.41. The Hall–Kier alpha value is 0.300. The van der Waals surface area contributed by atoms with Crippen molar-refractivity contribution in [3.63, 3.8) is 0 Å². The minimum Gasteiger partial charge on any atom is -0.309 e. The van der Waals surface area contributed by atoms with Crippen LogP contribution < -0.4 is 5.32 Å². The van der Waals surface area contributed by atoms with E-state index in [0.717, 1.165) is 21.3 Å². The largest absolute Gasteiger partial charge is 0.309 e. The highest BCUT2D eigenvalue weighted by Crippen LogP contribution is 2.28. The quantitative estimate of drug-likeness (QED) is 0.833. The van der Waals surface area contributed by atoms with Crippen LogP contribution in [-0.4, -0.2) is 17.5 Å². The molecule has 0 bridgehead atoms. The van der Waals surface area contributed by atoms with Crippen LogP contribution in [0.1, 0.15) is 31.2 Å². The van der Waals surface area contributed by atoms with E-state index in [2.05, 4.69) is 33.6 Å². The van der Waals surface area contributed by atoms with Gasteiger partial charge in [0, 0.05) is 27.3 Å². The first kappa shape index (κ1) is 14.7. The van der Waals surface area contributed by atoms with E-state index in [1.165, 1.54) is 31.2 Å². The molecular weight excluding hydrogens is 330 g/mol. The molecule has 1 nitrogen and oxygen atoms in total. The molecular formula is C14H19BrClNS. The summed E-state index contributed by atoms with van der Waals surface area (Å²) in [5, 5.41) is 5.26. The van der Waals surface area contributed by atoms with Crippen molar-refractivity contribution in [2.75, 3.05) is 6.26 Å². The van der Waals surface area contributed by atoms with Gasteiger partial charge in [0.15, 0.2) is 0 Å². The molecule has 1 aromatic rings. The summed E-state index contributed by atoms with van der Waals surface area (Å²) in [6, 6.07) is 6.66. The van der Waals surface area contributed by atoms with Crippen LogP contribution in [0.5, 0.6) is 0 Å². The molecule has 0 amide bonds. The van der Waals surface area contributed by atoms with Gasteiger partial charge in [0.2, 0.25) is 0 Å². The van der Waals surface area contributed by atoms with Crippen molar-refractivity contribution in [1.82, 2.24) is 5.32 Å². The predicted octanol–water partition coefficient (Wildman–Crippen LogP) is 4.87. The van der Waals surface area contributed by atoms with E-state index in [4.69, 9.17) is 11.6 Å². The fraction of sp³-hybridized carbons (Fsp3) is 0.571. The zero-order chi connectivity index (χ0) is 13.0. The van der Waals surface area contributed by atoms with Crippen LogP contribution in [0.15, 0.2) is 22.7 Å². The van der Waals surface area contributed by atoms with Crippen molar-refractivity contribution in [2.24, 2.45) is 0 Å². The third kappa shape index (κ3) is 3.89. The van der Waals surface area contributed by atoms with Crippen LogP contribution >= 0.6 is 39.3 Å². The maximum absolute atomic E-state index is 5.96.